The average Bonchev–Trinajstić information content (AvgIpc) is 3.62. The maximum Gasteiger partial charge on any atom is 1.00 e. The zero-order valence-electron chi connectivity index (χ0n) is 23.3. The molecule has 42 heavy (non-hydrogen) atoms. The van der Waals surface area contributed by atoms with Crippen molar-refractivity contribution >= 4 is 47.4 Å². The summed E-state index contributed by atoms with van der Waals surface area (Å²) in [5.41, 5.74) is 5.47. The fourth-order valence-electron chi connectivity index (χ4n) is 4.31. The molecular formula is C24H24N3Na3O9S3. The Morgan fingerprint density at radius 3 is 0.905 bits per heavy atom. The molecule has 210 valence electrons. The van der Waals surface area contributed by atoms with E-state index in [0.29, 0.717) is 0 Å². The Balaban J connectivity index is 0.000000304. The van der Waals surface area contributed by atoms with E-state index in [-0.39, 0.29) is 103 Å². The van der Waals surface area contributed by atoms with E-state index in [1.54, 1.807) is 18.2 Å². The minimum atomic E-state index is -4.30. The summed E-state index contributed by atoms with van der Waals surface area (Å²) in [5.74, 6) is 0. The third kappa shape index (κ3) is 10.7. The molecule has 3 aromatic carbocycles. The molecule has 0 aliphatic carbocycles. The van der Waals surface area contributed by atoms with Gasteiger partial charge in [0.05, 0.1) is 14.7 Å². The van der Waals surface area contributed by atoms with Gasteiger partial charge < -0.3 is 29.6 Å². The van der Waals surface area contributed by atoms with Gasteiger partial charge in [-0.15, -0.1) is 0 Å². The van der Waals surface area contributed by atoms with Crippen LogP contribution in [-0.4, -0.2) is 58.5 Å². The van der Waals surface area contributed by atoms with Crippen LogP contribution in [0.2, 0.25) is 0 Å². The van der Waals surface area contributed by atoms with Gasteiger partial charge in [0.1, 0.15) is 30.4 Å². The van der Waals surface area contributed by atoms with Crippen molar-refractivity contribution in [2.45, 2.75) is 33.9 Å². The summed E-state index contributed by atoms with van der Waals surface area (Å²) in [6, 6.07) is 13.2. The van der Waals surface area contributed by atoms with Gasteiger partial charge in [-0.1, -0.05) is 0 Å². The minimum Gasteiger partial charge on any atom is -0.744 e. The van der Waals surface area contributed by atoms with Crippen LogP contribution >= 0.6 is 0 Å². The Hall–Kier alpha value is -0.210. The summed E-state index contributed by atoms with van der Waals surface area (Å²) in [4.78, 5) is -0.431. The van der Waals surface area contributed by atoms with Gasteiger partial charge in [0.15, 0.2) is 0 Å². The molecule has 0 bridgehead atoms. The maximum atomic E-state index is 10.7. The SMILES string of the molecule is O=S(=O)([O-])c1ccc2c(c1)CCN2.O=S(=O)([O-])c1ccc2c(c1)CCN2.O=S(=O)([O-])c1ccc2c(c1)CCN2.[Na+].[Na+].[Na+]. The van der Waals surface area contributed by atoms with Crippen LogP contribution in [0.4, 0.5) is 17.1 Å². The number of hydrogen-bond acceptors (Lipinski definition) is 12. The monoisotopic (exact) mass is 663 g/mol. The predicted molar refractivity (Wildman–Crippen MR) is 140 cm³/mol. The van der Waals surface area contributed by atoms with E-state index in [1.807, 2.05) is 0 Å². The Bertz CT molecular complexity index is 1530. The summed E-state index contributed by atoms with van der Waals surface area (Å²) in [6.07, 6.45) is 2.33. The van der Waals surface area contributed by atoms with Crippen LogP contribution in [0.25, 0.3) is 0 Å². The fourth-order valence-corrected chi connectivity index (χ4v) is 5.87. The molecule has 3 aliphatic rings. The second-order valence-corrected chi connectivity index (χ2v) is 13.0. The molecule has 3 aliphatic heterocycles. The van der Waals surface area contributed by atoms with Gasteiger partial charge in [-0.3, -0.25) is 0 Å². The minimum absolute atomic E-state index is 0. The van der Waals surface area contributed by atoms with E-state index in [0.717, 1.165) is 72.6 Å². The van der Waals surface area contributed by atoms with Gasteiger partial charge in [-0.05, 0) is 90.6 Å². The molecule has 18 heteroatoms. The molecule has 0 fully saturated rings. The van der Waals surface area contributed by atoms with Gasteiger partial charge >= 0.3 is 88.7 Å². The van der Waals surface area contributed by atoms with Crippen LogP contribution in [0, 0.1) is 0 Å². The normalized spacial score (nSPS) is 14.1. The molecule has 0 spiro atoms. The fraction of sp³-hybridized carbons (Fsp3) is 0.250. The Kier molecular flexibility index (Phi) is 15.5. The molecule has 3 aromatic rings. The second-order valence-electron chi connectivity index (χ2n) is 8.85. The summed E-state index contributed by atoms with van der Waals surface area (Å²) in [6.45, 7) is 2.41. The van der Waals surface area contributed by atoms with E-state index in [2.05, 4.69) is 16.0 Å². The Morgan fingerprint density at radius 1 is 0.452 bits per heavy atom. The van der Waals surface area contributed by atoms with Gasteiger partial charge in [0.25, 0.3) is 0 Å². The van der Waals surface area contributed by atoms with E-state index >= 15 is 0 Å². The van der Waals surface area contributed by atoms with Crippen molar-refractivity contribution in [3.63, 3.8) is 0 Å². The number of hydrogen-bond donors (Lipinski definition) is 3. The van der Waals surface area contributed by atoms with Crippen molar-refractivity contribution in [1.29, 1.82) is 0 Å². The number of anilines is 3. The molecule has 0 saturated heterocycles. The zero-order chi connectivity index (χ0) is 28.4. The quantitative estimate of drug-likeness (QED) is 0.177. The van der Waals surface area contributed by atoms with Gasteiger partial charge in [-0.25, -0.2) is 25.3 Å². The first-order chi connectivity index (χ1) is 18.2. The van der Waals surface area contributed by atoms with E-state index < -0.39 is 30.4 Å². The van der Waals surface area contributed by atoms with Crippen molar-refractivity contribution in [2.24, 2.45) is 0 Å². The summed E-state index contributed by atoms with van der Waals surface area (Å²) in [7, 11) is -12.9. The van der Waals surface area contributed by atoms with Crippen LogP contribution in [0.15, 0.2) is 69.3 Å². The van der Waals surface area contributed by atoms with Crippen molar-refractivity contribution in [2.75, 3.05) is 35.6 Å². The number of benzene rings is 3. The van der Waals surface area contributed by atoms with Crippen LogP contribution < -0.4 is 105 Å². The van der Waals surface area contributed by atoms with Gasteiger partial charge in [0.2, 0.25) is 0 Å². The summed E-state index contributed by atoms with van der Waals surface area (Å²) >= 11 is 0. The first kappa shape index (κ1) is 39.8. The van der Waals surface area contributed by atoms with Gasteiger partial charge in [-0.2, -0.15) is 0 Å². The number of rotatable bonds is 3. The average molecular weight is 664 g/mol. The van der Waals surface area contributed by atoms with Crippen LogP contribution in [0.3, 0.4) is 0 Å². The summed E-state index contributed by atoms with van der Waals surface area (Å²) in [5, 5.41) is 9.25. The molecule has 0 atom stereocenters. The predicted octanol–water partition coefficient (Wildman–Crippen LogP) is -7.31. The van der Waals surface area contributed by atoms with Crippen LogP contribution in [0.5, 0.6) is 0 Å². The van der Waals surface area contributed by atoms with Crippen molar-refractivity contribution < 1.29 is 128 Å². The van der Waals surface area contributed by atoms with E-state index in [4.69, 9.17) is 0 Å². The van der Waals surface area contributed by atoms with Crippen LogP contribution in [0.1, 0.15) is 16.7 Å². The molecule has 3 heterocycles. The molecule has 0 aromatic heterocycles. The van der Waals surface area contributed by atoms with Crippen molar-refractivity contribution in [3.8, 4) is 0 Å². The molecule has 0 radical (unpaired) electrons. The first-order valence-corrected chi connectivity index (χ1v) is 15.9. The molecule has 0 unspecified atom stereocenters. The molecule has 0 saturated carbocycles. The summed E-state index contributed by atoms with van der Waals surface area (Å²) < 4.78 is 95.9. The number of fused-ring (bicyclic) bond motifs is 3. The largest absolute Gasteiger partial charge is 1.00 e. The van der Waals surface area contributed by atoms with E-state index in [1.165, 1.54) is 36.4 Å². The third-order valence-corrected chi connectivity index (χ3v) is 8.72. The standard InChI is InChI=1S/3C8H9NO3S.3Na/c3*10-13(11,12)7-1-2-8-6(5-7)3-4-9-8;;;/h3*1-2,5,9H,3-4H2,(H,10,11,12);;;/q;;;3*+1/p-3. The van der Waals surface area contributed by atoms with Crippen LogP contribution in [-0.2, 0) is 49.6 Å². The molecule has 3 N–H and O–H groups in total. The van der Waals surface area contributed by atoms with Crippen molar-refractivity contribution in [1.82, 2.24) is 0 Å². The second kappa shape index (κ2) is 16.4. The zero-order valence-corrected chi connectivity index (χ0v) is 31.8. The Morgan fingerprint density at radius 2 is 0.690 bits per heavy atom. The molecular weight excluding hydrogens is 639 g/mol. The number of nitrogens with one attached hydrogen (secondary N) is 3. The maximum absolute atomic E-state index is 10.7. The molecule has 6 rings (SSSR count). The van der Waals surface area contributed by atoms with E-state index in [9.17, 15) is 38.9 Å². The first-order valence-electron chi connectivity index (χ1n) is 11.7. The van der Waals surface area contributed by atoms with Crippen molar-refractivity contribution in [3.05, 3.63) is 71.3 Å². The third-order valence-electron chi connectivity index (χ3n) is 6.23. The smallest absolute Gasteiger partial charge is 0.744 e. The molecule has 12 nitrogen and oxygen atoms in total. The van der Waals surface area contributed by atoms with Gasteiger partial charge in [0, 0.05) is 36.7 Å². The molecule has 0 amide bonds. The Labute approximate surface area is 312 Å². The topological polar surface area (TPSA) is 208 Å².